The van der Waals surface area contributed by atoms with Crippen LogP contribution in [0.3, 0.4) is 0 Å². The van der Waals surface area contributed by atoms with Gasteiger partial charge in [0.05, 0.1) is 18.3 Å². The van der Waals surface area contributed by atoms with Crippen LogP contribution in [0.1, 0.15) is 68.0 Å². The number of nitrogens with zero attached hydrogens (tertiary/aromatic N) is 2. The first-order valence-electron chi connectivity index (χ1n) is 13.6. The van der Waals surface area contributed by atoms with Gasteiger partial charge in [-0.05, 0) is 96.3 Å². The topological polar surface area (TPSA) is 73.6 Å². The summed E-state index contributed by atoms with van der Waals surface area (Å²) >= 11 is 0. The zero-order valence-corrected chi connectivity index (χ0v) is 22.5. The molecule has 0 saturated carbocycles. The number of ether oxygens (including phenoxy) is 2. The molecule has 1 fully saturated rings. The summed E-state index contributed by atoms with van der Waals surface area (Å²) in [5, 5.41) is 15.6. The number of aromatic hydroxyl groups is 1. The normalized spacial score (nSPS) is 16.4. The molecule has 6 heteroatoms. The molecule has 3 aromatic carbocycles. The van der Waals surface area contributed by atoms with Crippen LogP contribution in [0.2, 0.25) is 0 Å². The second-order valence-electron chi connectivity index (χ2n) is 9.65. The van der Waals surface area contributed by atoms with E-state index in [4.69, 9.17) is 9.47 Å². The number of phenols is 1. The van der Waals surface area contributed by atoms with Gasteiger partial charge in [0.1, 0.15) is 5.75 Å². The molecule has 5 rings (SSSR count). The fourth-order valence-corrected chi connectivity index (χ4v) is 5.17. The minimum Gasteiger partial charge on any atom is -0.508 e. The number of allylic oxidation sites excluding steroid dienone is 1. The van der Waals surface area contributed by atoms with Crippen molar-refractivity contribution in [2.45, 2.75) is 45.8 Å². The molecule has 0 bridgehead atoms. The number of carbonyl (C=O) groups excluding carboxylic acids is 1. The van der Waals surface area contributed by atoms with Crippen LogP contribution in [0.4, 0.5) is 0 Å². The summed E-state index contributed by atoms with van der Waals surface area (Å²) in [7, 11) is 0. The van der Waals surface area contributed by atoms with Gasteiger partial charge in [0.25, 0.3) is 0 Å². The first-order valence-corrected chi connectivity index (χ1v) is 13.6. The van der Waals surface area contributed by atoms with Gasteiger partial charge in [-0.2, -0.15) is 5.10 Å². The van der Waals surface area contributed by atoms with Gasteiger partial charge in [-0.25, -0.2) is 9.48 Å². The minimum atomic E-state index is -0.352. The number of aromatic nitrogens is 2. The van der Waals surface area contributed by atoms with Gasteiger partial charge in [-0.1, -0.05) is 49.4 Å². The SMILES string of the molecule is CCOC(=O)/C=C/c1ccc(/C(=C(/CC)c2ccc(O)cc2)c2ccc3c(cnn3C3CCCCO3)c2)cc1. The van der Waals surface area contributed by atoms with Gasteiger partial charge in [0.15, 0.2) is 6.23 Å². The predicted molar refractivity (Wildman–Crippen MR) is 155 cm³/mol. The van der Waals surface area contributed by atoms with Crippen LogP contribution in [0, 0.1) is 0 Å². The number of rotatable bonds is 8. The fraction of sp³-hybridized carbons (Fsp3) is 0.273. The average Bonchev–Trinajstić information content (AvgIpc) is 3.40. The van der Waals surface area contributed by atoms with Crippen LogP contribution in [-0.2, 0) is 14.3 Å². The Labute approximate surface area is 229 Å². The van der Waals surface area contributed by atoms with Crippen LogP contribution in [0.25, 0.3) is 28.1 Å². The van der Waals surface area contributed by atoms with Gasteiger partial charge in [-0.15, -0.1) is 0 Å². The molecule has 0 aliphatic carbocycles. The summed E-state index contributed by atoms with van der Waals surface area (Å²) in [5.41, 5.74) is 7.48. The highest BCUT2D eigenvalue weighted by atomic mass is 16.5. The Bertz CT molecular complexity index is 1490. The van der Waals surface area contributed by atoms with E-state index in [1.54, 1.807) is 25.1 Å². The third kappa shape index (κ3) is 5.96. The Balaban J connectivity index is 1.58. The molecule has 200 valence electrons. The molecule has 1 aliphatic rings. The predicted octanol–water partition coefficient (Wildman–Crippen LogP) is 7.39. The van der Waals surface area contributed by atoms with Crippen molar-refractivity contribution < 1.29 is 19.4 Å². The summed E-state index contributed by atoms with van der Waals surface area (Å²) in [4.78, 5) is 11.7. The second kappa shape index (κ2) is 12.1. The van der Waals surface area contributed by atoms with E-state index in [0.717, 1.165) is 71.0 Å². The molecule has 1 unspecified atom stereocenters. The van der Waals surface area contributed by atoms with Gasteiger partial charge in [0, 0.05) is 18.1 Å². The van der Waals surface area contributed by atoms with Crippen molar-refractivity contribution in [1.82, 2.24) is 9.78 Å². The fourth-order valence-electron chi connectivity index (χ4n) is 5.17. The summed E-state index contributed by atoms with van der Waals surface area (Å²) in [5.74, 6) is -0.109. The van der Waals surface area contributed by atoms with Crippen LogP contribution in [0.15, 0.2) is 79.0 Å². The number of fused-ring (bicyclic) bond motifs is 1. The van der Waals surface area contributed by atoms with E-state index in [1.807, 2.05) is 35.1 Å². The second-order valence-corrected chi connectivity index (χ2v) is 9.65. The third-order valence-corrected chi connectivity index (χ3v) is 7.08. The van der Waals surface area contributed by atoms with Crippen molar-refractivity contribution in [2.24, 2.45) is 0 Å². The number of carbonyl (C=O) groups is 1. The highest BCUT2D eigenvalue weighted by molar-refractivity contribution is 6.00. The molecule has 1 atom stereocenters. The van der Waals surface area contributed by atoms with E-state index in [2.05, 4.69) is 42.4 Å². The Morgan fingerprint density at radius 2 is 1.77 bits per heavy atom. The Morgan fingerprint density at radius 3 is 2.46 bits per heavy atom. The molecule has 1 aromatic heterocycles. The molecule has 6 nitrogen and oxygen atoms in total. The molecule has 1 aliphatic heterocycles. The highest BCUT2D eigenvalue weighted by Gasteiger charge is 2.20. The standard InChI is InChI=1S/C33H34N2O4/c1-3-29(24-13-16-28(36)17-14-24)33(25-11-8-23(9-12-25)10-19-32(37)38-4-2)26-15-18-30-27(21-26)22-34-35(30)31-7-5-6-20-39-31/h8-19,21-22,31,36H,3-7,20H2,1-2H3/b19-10+,33-29+. The first kappa shape index (κ1) is 26.4. The van der Waals surface area contributed by atoms with E-state index in [-0.39, 0.29) is 17.9 Å². The van der Waals surface area contributed by atoms with Crippen molar-refractivity contribution in [1.29, 1.82) is 0 Å². The van der Waals surface area contributed by atoms with E-state index in [0.29, 0.717) is 6.61 Å². The summed E-state index contributed by atoms with van der Waals surface area (Å²) in [6.07, 6.45) is 9.14. The summed E-state index contributed by atoms with van der Waals surface area (Å²) in [6.45, 7) is 5.06. The van der Waals surface area contributed by atoms with Gasteiger partial charge >= 0.3 is 5.97 Å². The molecule has 0 spiro atoms. The van der Waals surface area contributed by atoms with E-state index in [1.165, 1.54) is 11.6 Å². The summed E-state index contributed by atoms with van der Waals surface area (Å²) < 4.78 is 13.0. The number of hydrogen-bond donors (Lipinski definition) is 1. The van der Waals surface area contributed by atoms with Crippen molar-refractivity contribution >= 4 is 34.1 Å². The number of benzene rings is 3. The van der Waals surface area contributed by atoms with Crippen molar-refractivity contribution in [3.05, 3.63) is 101 Å². The first-order chi connectivity index (χ1) is 19.1. The van der Waals surface area contributed by atoms with Gasteiger partial charge < -0.3 is 14.6 Å². The summed E-state index contributed by atoms with van der Waals surface area (Å²) in [6, 6.07) is 22.0. The molecule has 1 saturated heterocycles. The van der Waals surface area contributed by atoms with Crippen LogP contribution in [0.5, 0.6) is 5.75 Å². The zero-order valence-electron chi connectivity index (χ0n) is 22.5. The van der Waals surface area contributed by atoms with Crippen LogP contribution >= 0.6 is 0 Å². The molecule has 39 heavy (non-hydrogen) atoms. The minimum absolute atomic E-state index is 0.0180. The quantitative estimate of drug-likeness (QED) is 0.148. The Morgan fingerprint density at radius 1 is 1.03 bits per heavy atom. The van der Waals surface area contributed by atoms with Gasteiger partial charge in [0.2, 0.25) is 0 Å². The molecule has 1 N–H and O–H groups in total. The third-order valence-electron chi connectivity index (χ3n) is 7.08. The lowest BCUT2D eigenvalue weighted by molar-refractivity contribution is -0.137. The molecule has 4 aromatic rings. The number of hydrogen-bond acceptors (Lipinski definition) is 5. The maximum atomic E-state index is 11.7. The molecular weight excluding hydrogens is 488 g/mol. The molecular formula is C33H34N2O4. The largest absolute Gasteiger partial charge is 0.508 e. The van der Waals surface area contributed by atoms with Crippen molar-refractivity contribution in [3.63, 3.8) is 0 Å². The lowest BCUT2D eigenvalue weighted by Crippen LogP contribution is -2.18. The maximum Gasteiger partial charge on any atom is 0.330 e. The van der Waals surface area contributed by atoms with Crippen LogP contribution < -0.4 is 0 Å². The highest BCUT2D eigenvalue weighted by Crippen LogP contribution is 2.37. The molecule has 0 radical (unpaired) electrons. The van der Waals surface area contributed by atoms with Crippen LogP contribution in [-0.4, -0.2) is 34.1 Å². The monoisotopic (exact) mass is 522 g/mol. The Kier molecular flexibility index (Phi) is 8.23. The van der Waals surface area contributed by atoms with Gasteiger partial charge in [-0.3, -0.25) is 0 Å². The Hall–Kier alpha value is -4.16. The number of phenolic OH excluding ortho intramolecular Hbond substituents is 1. The number of esters is 1. The van der Waals surface area contributed by atoms with E-state index < -0.39 is 0 Å². The van der Waals surface area contributed by atoms with Crippen molar-refractivity contribution in [3.8, 4) is 5.75 Å². The maximum absolute atomic E-state index is 11.7. The molecule has 2 heterocycles. The smallest absolute Gasteiger partial charge is 0.330 e. The van der Waals surface area contributed by atoms with E-state index >= 15 is 0 Å². The lowest BCUT2D eigenvalue weighted by atomic mass is 9.87. The van der Waals surface area contributed by atoms with Crippen molar-refractivity contribution in [2.75, 3.05) is 13.2 Å². The molecule has 0 amide bonds. The zero-order chi connectivity index (χ0) is 27.2. The average molecular weight is 523 g/mol. The van der Waals surface area contributed by atoms with E-state index in [9.17, 15) is 9.90 Å². The lowest BCUT2D eigenvalue weighted by Gasteiger charge is -2.23.